The summed E-state index contributed by atoms with van der Waals surface area (Å²) in [7, 11) is -1.50. The van der Waals surface area contributed by atoms with Crippen molar-refractivity contribution in [1.29, 1.82) is 5.26 Å². The smallest absolute Gasteiger partial charge is 0.456 e. The highest BCUT2D eigenvalue weighted by Gasteiger charge is 2.14. The molecule has 1 heterocycles. The Morgan fingerprint density at radius 2 is 1.83 bits per heavy atom. The molecule has 0 fully saturated rings. The number of furan rings is 1. The Balaban J connectivity index is 2.35. The van der Waals surface area contributed by atoms with Gasteiger partial charge >= 0.3 is 7.12 Å². The van der Waals surface area contributed by atoms with Gasteiger partial charge < -0.3 is 14.5 Å². The number of hydrogen-bond donors (Lipinski definition) is 2. The topological polar surface area (TPSA) is 77.4 Å². The zero-order valence-corrected chi connectivity index (χ0v) is 9.29. The van der Waals surface area contributed by atoms with Gasteiger partial charge in [-0.25, -0.2) is 0 Å². The lowest BCUT2D eigenvalue weighted by molar-refractivity contribution is 0.426. The first kappa shape index (κ1) is 10.8. The third-order valence-corrected chi connectivity index (χ3v) is 2.92. The molecule has 0 bridgehead atoms. The van der Waals surface area contributed by atoms with Crippen LogP contribution in [-0.2, 0) is 0 Å². The van der Waals surface area contributed by atoms with Gasteiger partial charge in [-0.2, -0.15) is 5.26 Å². The first-order valence-corrected chi connectivity index (χ1v) is 5.41. The van der Waals surface area contributed by atoms with Crippen molar-refractivity contribution in [3.63, 3.8) is 0 Å². The maximum absolute atomic E-state index is 9.16. The lowest BCUT2D eigenvalue weighted by Crippen LogP contribution is -2.29. The van der Waals surface area contributed by atoms with Crippen molar-refractivity contribution in [3.05, 3.63) is 42.0 Å². The molecule has 0 saturated carbocycles. The first-order chi connectivity index (χ1) is 8.69. The Morgan fingerprint density at radius 1 is 1.00 bits per heavy atom. The van der Waals surface area contributed by atoms with Crippen LogP contribution in [0.5, 0.6) is 0 Å². The van der Waals surface area contributed by atoms with Crippen LogP contribution in [0, 0.1) is 11.3 Å². The van der Waals surface area contributed by atoms with E-state index in [-0.39, 0.29) is 0 Å². The fraction of sp³-hybridized carbons (Fsp3) is 0. The van der Waals surface area contributed by atoms with Gasteiger partial charge in [0.15, 0.2) is 0 Å². The van der Waals surface area contributed by atoms with E-state index in [1.807, 2.05) is 0 Å². The molecule has 0 aliphatic heterocycles. The van der Waals surface area contributed by atoms with E-state index in [0.29, 0.717) is 22.2 Å². The SMILES string of the molecule is N#Cc1ccc2c(c1)oc1ccc(B(O)O)cc12. The largest absolute Gasteiger partial charge is 0.488 e. The van der Waals surface area contributed by atoms with Gasteiger partial charge in [0.2, 0.25) is 0 Å². The van der Waals surface area contributed by atoms with Crippen molar-refractivity contribution in [2.75, 3.05) is 0 Å². The maximum Gasteiger partial charge on any atom is 0.488 e. The standard InChI is InChI=1S/C13H8BNO3/c15-7-8-1-3-10-11-6-9(14(16)17)2-4-12(11)18-13(10)5-8/h1-6,16-17H. The Hall–Kier alpha value is -2.29. The summed E-state index contributed by atoms with van der Waals surface area (Å²) in [4.78, 5) is 0. The van der Waals surface area contributed by atoms with Crippen molar-refractivity contribution in [2.24, 2.45) is 0 Å². The highest BCUT2D eigenvalue weighted by molar-refractivity contribution is 6.59. The van der Waals surface area contributed by atoms with E-state index in [1.54, 1.807) is 36.4 Å². The molecular weight excluding hydrogens is 229 g/mol. The lowest BCUT2D eigenvalue weighted by Gasteiger charge is -1.97. The van der Waals surface area contributed by atoms with Gasteiger partial charge in [0.25, 0.3) is 0 Å². The zero-order chi connectivity index (χ0) is 12.7. The second-order valence-electron chi connectivity index (χ2n) is 4.05. The van der Waals surface area contributed by atoms with Crippen molar-refractivity contribution in [3.8, 4) is 6.07 Å². The number of rotatable bonds is 1. The molecule has 0 spiro atoms. The second-order valence-corrected chi connectivity index (χ2v) is 4.05. The lowest BCUT2D eigenvalue weighted by atomic mass is 9.80. The molecule has 2 aromatic carbocycles. The highest BCUT2D eigenvalue weighted by atomic mass is 16.4. The summed E-state index contributed by atoms with van der Waals surface area (Å²) < 4.78 is 5.62. The summed E-state index contributed by atoms with van der Waals surface area (Å²) in [5, 5.41) is 28.8. The van der Waals surface area contributed by atoms with Crippen molar-refractivity contribution in [2.45, 2.75) is 0 Å². The predicted octanol–water partition coefficient (Wildman–Crippen LogP) is 1.14. The molecule has 1 aromatic heterocycles. The molecule has 3 rings (SSSR count). The summed E-state index contributed by atoms with van der Waals surface area (Å²) in [5.74, 6) is 0. The first-order valence-electron chi connectivity index (χ1n) is 5.41. The molecule has 0 aliphatic carbocycles. The summed E-state index contributed by atoms with van der Waals surface area (Å²) in [6.45, 7) is 0. The summed E-state index contributed by atoms with van der Waals surface area (Å²) in [6, 6.07) is 12.2. The molecule has 86 valence electrons. The quantitative estimate of drug-likeness (QED) is 0.622. The third-order valence-electron chi connectivity index (χ3n) is 2.92. The van der Waals surface area contributed by atoms with E-state index in [0.717, 1.165) is 10.8 Å². The van der Waals surface area contributed by atoms with Gasteiger partial charge in [-0.1, -0.05) is 12.1 Å². The van der Waals surface area contributed by atoms with E-state index in [2.05, 4.69) is 6.07 Å². The normalized spacial score (nSPS) is 10.7. The van der Waals surface area contributed by atoms with Crippen LogP contribution in [0.2, 0.25) is 0 Å². The third kappa shape index (κ3) is 1.56. The van der Waals surface area contributed by atoms with Crippen molar-refractivity contribution in [1.82, 2.24) is 0 Å². The molecule has 3 aromatic rings. The molecule has 0 aliphatic rings. The van der Waals surface area contributed by atoms with E-state index >= 15 is 0 Å². The number of nitrogens with zero attached hydrogens (tertiary/aromatic N) is 1. The molecule has 2 N–H and O–H groups in total. The number of fused-ring (bicyclic) bond motifs is 3. The second kappa shape index (κ2) is 3.88. The molecule has 4 nitrogen and oxygen atoms in total. The Labute approximate surface area is 103 Å². The summed E-state index contributed by atoms with van der Waals surface area (Å²) in [6.07, 6.45) is 0. The molecule has 5 heteroatoms. The van der Waals surface area contributed by atoms with Gasteiger partial charge in [-0.05, 0) is 29.7 Å². The maximum atomic E-state index is 9.16. The molecular formula is C13H8BNO3. The van der Waals surface area contributed by atoms with Crippen LogP contribution in [0.4, 0.5) is 0 Å². The Morgan fingerprint density at radius 3 is 2.56 bits per heavy atom. The van der Waals surface area contributed by atoms with Gasteiger partial charge in [-0.3, -0.25) is 0 Å². The van der Waals surface area contributed by atoms with E-state index < -0.39 is 7.12 Å². The van der Waals surface area contributed by atoms with Crippen LogP contribution in [-0.4, -0.2) is 17.2 Å². The number of nitriles is 1. The minimum absolute atomic E-state index is 0.412. The van der Waals surface area contributed by atoms with E-state index in [4.69, 9.17) is 19.7 Å². The van der Waals surface area contributed by atoms with Gasteiger partial charge in [0.05, 0.1) is 11.6 Å². The van der Waals surface area contributed by atoms with Crippen LogP contribution < -0.4 is 5.46 Å². The van der Waals surface area contributed by atoms with Crippen LogP contribution in [0.25, 0.3) is 21.9 Å². The molecule has 0 amide bonds. The monoisotopic (exact) mass is 237 g/mol. The van der Waals surface area contributed by atoms with Gasteiger partial charge in [-0.15, -0.1) is 0 Å². The van der Waals surface area contributed by atoms with Gasteiger partial charge in [0, 0.05) is 10.8 Å². The Kier molecular flexibility index (Phi) is 2.34. The average molecular weight is 237 g/mol. The fourth-order valence-electron chi connectivity index (χ4n) is 2.02. The molecule has 0 radical (unpaired) electrons. The fourth-order valence-corrected chi connectivity index (χ4v) is 2.02. The predicted molar refractivity (Wildman–Crippen MR) is 68.3 cm³/mol. The summed E-state index contributed by atoms with van der Waals surface area (Å²) >= 11 is 0. The van der Waals surface area contributed by atoms with Crippen molar-refractivity contribution < 1.29 is 14.5 Å². The average Bonchev–Trinajstić information content (AvgIpc) is 2.74. The van der Waals surface area contributed by atoms with Crippen LogP contribution >= 0.6 is 0 Å². The molecule has 0 saturated heterocycles. The molecule has 0 unspecified atom stereocenters. The molecule has 0 atom stereocenters. The molecule has 18 heavy (non-hydrogen) atoms. The zero-order valence-electron chi connectivity index (χ0n) is 9.29. The van der Waals surface area contributed by atoms with Crippen molar-refractivity contribution >= 4 is 34.5 Å². The van der Waals surface area contributed by atoms with E-state index in [9.17, 15) is 0 Å². The minimum atomic E-state index is -1.50. The van der Waals surface area contributed by atoms with E-state index in [1.165, 1.54) is 0 Å². The summed E-state index contributed by atoms with van der Waals surface area (Å²) in [5.41, 5.74) is 2.22. The number of hydrogen-bond acceptors (Lipinski definition) is 4. The minimum Gasteiger partial charge on any atom is -0.456 e. The Bertz CT molecular complexity index is 786. The highest BCUT2D eigenvalue weighted by Crippen LogP contribution is 2.28. The van der Waals surface area contributed by atoms with Gasteiger partial charge in [0.1, 0.15) is 11.2 Å². The number of benzene rings is 2. The van der Waals surface area contributed by atoms with Crippen LogP contribution in [0.15, 0.2) is 40.8 Å². The van der Waals surface area contributed by atoms with Crippen LogP contribution in [0.1, 0.15) is 5.56 Å². The van der Waals surface area contributed by atoms with Crippen LogP contribution in [0.3, 0.4) is 0 Å².